The summed E-state index contributed by atoms with van der Waals surface area (Å²) in [6, 6.07) is 2.66. The molecule has 0 saturated carbocycles. The molecule has 2 heterocycles. The van der Waals surface area contributed by atoms with E-state index in [0.717, 1.165) is 4.90 Å². The molecule has 1 fully saturated rings. The zero-order valence-corrected chi connectivity index (χ0v) is 32.5. The van der Waals surface area contributed by atoms with E-state index in [1.54, 1.807) is 20.8 Å². The van der Waals surface area contributed by atoms with Crippen LogP contribution < -0.4 is 20.1 Å². The van der Waals surface area contributed by atoms with E-state index in [-0.39, 0.29) is 57.4 Å². The maximum absolute atomic E-state index is 12.7. The molecule has 3 rings (SSSR count). The molecule has 0 aliphatic carbocycles. The van der Waals surface area contributed by atoms with Crippen molar-refractivity contribution in [3.8, 4) is 11.5 Å². The van der Waals surface area contributed by atoms with E-state index in [2.05, 4.69) is 10.6 Å². The molecule has 2 aliphatic rings. The Labute approximate surface area is 328 Å². The molecule has 0 bridgehead atoms. The molecule has 1 unspecified atom stereocenters. The second-order valence-corrected chi connectivity index (χ2v) is 15.7. The Bertz CT molecular complexity index is 1680. The Hall–Kier alpha value is -4.26. The van der Waals surface area contributed by atoms with Crippen LogP contribution >= 0.6 is 0 Å². The smallest absolute Gasteiger partial charge is 0.335 e. The first-order valence-corrected chi connectivity index (χ1v) is 19.6. The third kappa shape index (κ3) is 15.2. The number of hydrogen-bond acceptors (Lipinski definition) is 16. The fourth-order valence-electron chi connectivity index (χ4n) is 5.29. The van der Waals surface area contributed by atoms with E-state index >= 15 is 0 Å². The monoisotopic (exact) mass is 833 g/mol. The minimum atomic E-state index is -4.67. The van der Waals surface area contributed by atoms with Gasteiger partial charge in [0.2, 0.25) is 18.1 Å². The van der Waals surface area contributed by atoms with E-state index in [1.165, 1.54) is 30.4 Å². The van der Waals surface area contributed by atoms with Gasteiger partial charge in [0.05, 0.1) is 19.8 Å². The average Bonchev–Trinajstić information content (AvgIpc) is 3.44. The third-order valence-corrected chi connectivity index (χ3v) is 9.24. The van der Waals surface area contributed by atoms with Crippen LogP contribution in [-0.4, -0.2) is 155 Å². The van der Waals surface area contributed by atoms with Crippen molar-refractivity contribution in [1.29, 1.82) is 0 Å². The number of carbonyl (C=O) groups is 5. The predicted molar refractivity (Wildman–Crippen MR) is 194 cm³/mol. The minimum absolute atomic E-state index is 0.00254. The number of amides is 4. The third-order valence-electron chi connectivity index (χ3n) is 8.49. The molecule has 0 aromatic heterocycles. The molecule has 21 nitrogen and oxygen atoms in total. The van der Waals surface area contributed by atoms with Gasteiger partial charge in [-0.15, -0.1) is 0 Å². The maximum Gasteiger partial charge on any atom is 0.335 e. The van der Waals surface area contributed by atoms with E-state index in [4.69, 9.17) is 23.7 Å². The van der Waals surface area contributed by atoms with Crippen LogP contribution in [0.3, 0.4) is 0 Å². The van der Waals surface area contributed by atoms with Gasteiger partial charge in [-0.3, -0.25) is 28.6 Å². The van der Waals surface area contributed by atoms with E-state index < -0.39 is 93.9 Å². The fraction of sp³-hybridized carbons (Fsp3) is 0.629. The standard InChI is InChI=1S/C35H51N3O18S/c1-35(2,3)34(48)54-18-20-8-9-21(55-33-29(44)27(42)28(43)30(56-33)32(46)47)17-23(20)53-16-15-52-14-12-36-31(45)22(19-57(49,50)51)37-24(39)7-5-4-6-13-38-25(40)10-11-26(38)41/h8-11,17,22,27-30,33-34,42-44,48H,4-7,12-16,18-19H2,1-3H3,(H,36,45)(H,37,39)(H,46,47)(H,49,50,51)/t22-,27-,28-,29+,30-,33+,34?/m0/s1. The first-order chi connectivity index (χ1) is 26.7. The number of imide groups is 1. The lowest BCUT2D eigenvalue weighted by molar-refractivity contribution is -0.271. The van der Waals surface area contributed by atoms with Crippen LogP contribution in [0.15, 0.2) is 30.4 Å². The highest BCUT2D eigenvalue weighted by atomic mass is 32.2. The molecular weight excluding hydrogens is 782 g/mol. The lowest BCUT2D eigenvalue weighted by Gasteiger charge is -2.38. The van der Waals surface area contributed by atoms with Gasteiger partial charge >= 0.3 is 5.97 Å². The summed E-state index contributed by atoms with van der Waals surface area (Å²) >= 11 is 0. The summed E-state index contributed by atoms with van der Waals surface area (Å²) < 4.78 is 60.1. The lowest BCUT2D eigenvalue weighted by atomic mass is 9.96. The Morgan fingerprint density at radius 2 is 1.65 bits per heavy atom. The molecule has 0 radical (unpaired) electrons. The van der Waals surface area contributed by atoms with Crippen molar-refractivity contribution in [3.63, 3.8) is 0 Å². The summed E-state index contributed by atoms with van der Waals surface area (Å²) in [5, 5.41) is 54.8. The molecule has 1 aromatic carbocycles. The maximum atomic E-state index is 12.7. The van der Waals surface area contributed by atoms with Gasteiger partial charge in [0.25, 0.3) is 21.9 Å². The summed E-state index contributed by atoms with van der Waals surface area (Å²) in [6.07, 6.45) is -6.93. The quantitative estimate of drug-likeness (QED) is 0.0261. The molecule has 4 amide bonds. The number of benzene rings is 1. The average molecular weight is 834 g/mol. The lowest BCUT2D eigenvalue weighted by Crippen LogP contribution is -2.61. The van der Waals surface area contributed by atoms with Crippen molar-refractivity contribution in [2.24, 2.45) is 5.41 Å². The van der Waals surface area contributed by atoms with Crippen LogP contribution in [0, 0.1) is 5.41 Å². The fourth-order valence-corrected chi connectivity index (χ4v) is 5.95. The van der Waals surface area contributed by atoms with Gasteiger partial charge < -0.3 is 59.9 Å². The molecular formula is C35H51N3O18S. The number of carboxylic acid groups (broad SMARTS) is 1. The van der Waals surface area contributed by atoms with Gasteiger partial charge in [-0.1, -0.05) is 27.2 Å². The number of aliphatic hydroxyl groups is 4. The zero-order chi connectivity index (χ0) is 42.5. The number of aliphatic hydroxyl groups excluding tert-OH is 4. The number of aliphatic carboxylic acids is 1. The van der Waals surface area contributed by atoms with E-state index in [9.17, 15) is 62.5 Å². The van der Waals surface area contributed by atoms with Gasteiger partial charge in [0, 0.05) is 48.7 Å². The van der Waals surface area contributed by atoms with Gasteiger partial charge in [-0.25, -0.2) is 4.79 Å². The normalized spacial score (nSPS) is 22.2. The molecule has 1 saturated heterocycles. The van der Waals surface area contributed by atoms with E-state index in [0.29, 0.717) is 24.8 Å². The van der Waals surface area contributed by atoms with Crippen LogP contribution in [-0.2, 0) is 54.9 Å². The van der Waals surface area contributed by atoms with Gasteiger partial charge in [-0.05, 0) is 25.0 Å². The molecule has 0 spiro atoms. The van der Waals surface area contributed by atoms with E-state index in [1.807, 2.05) is 0 Å². The first-order valence-electron chi connectivity index (χ1n) is 18.0. The Morgan fingerprint density at radius 3 is 2.28 bits per heavy atom. The molecule has 1 aromatic rings. The SMILES string of the molecule is CC(C)(C)C(O)OCc1ccc(O[C@@H]2O[C@H](C(=O)O)[C@@H](O)[C@H](O)[C@H]2O)cc1OCCOCCNC(=O)[C@H](CS(=O)(=O)O)NC(=O)CCCCCN1C(=O)C=CC1=O. The van der Waals surface area contributed by atoms with Gasteiger partial charge in [0.1, 0.15) is 48.2 Å². The second-order valence-electron chi connectivity index (χ2n) is 14.2. The predicted octanol–water partition coefficient (Wildman–Crippen LogP) is -1.79. The Kier molecular flexibility index (Phi) is 17.8. The van der Waals surface area contributed by atoms with Crippen molar-refractivity contribution in [2.45, 2.75) is 96.1 Å². The van der Waals surface area contributed by atoms with Crippen molar-refractivity contribution in [1.82, 2.24) is 15.5 Å². The van der Waals surface area contributed by atoms with Crippen LogP contribution in [0.2, 0.25) is 0 Å². The number of unbranched alkanes of at least 4 members (excludes halogenated alkanes) is 2. The molecule has 7 atom stereocenters. The largest absolute Gasteiger partial charge is 0.491 e. The molecule has 2 aliphatic heterocycles. The first kappa shape index (κ1) is 47.1. The summed E-state index contributed by atoms with van der Waals surface area (Å²) in [5.41, 5.74) is -0.188. The Balaban J connectivity index is 1.50. The van der Waals surface area contributed by atoms with Gasteiger partial charge in [0.15, 0.2) is 12.4 Å². The van der Waals surface area contributed by atoms with Crippen LogP contribution in [0.1, 0.15) is 52.0 Å². The second kappa shape index (κ2) is 21.5. The number of nitrogens with one attached hydrogen (secondary N) is 2. The topological polar surface area (TPSA) is 314 Å². The van der Waals surface area contributed by atoms with Crippen molar-refractivity contribution >= 4 is 39.7 Å². The Morgan fingerprint density at radius 1 is 0.965 bits per heavy atom. The molecule has 22 heteroatoms. The molecule has 57 heavy (non-hydrogen) atoms. The van der Waals surface area contributed by atoms with Crippen molar-refractivity contribution < 1.29 is 86.2 Å². The number of rotatable bonds is 23. The molecule has 320 valence electrons. The molecule has 8 N–H and O–H groups in total. The summed E-state index contributed by atoms with van der Waals surface area (Å²) in [5.74, 6) is -4.91. The van der Waals surface area contributed by atoms with Crippen molar-refractivity contribution in [3.05, 3.63) is 35.9 Å². The van der Waals surface area contributed by atoms with Crippen molar-refractivity contribution in [2.75, 3.05) is 38.7 Å². The van der Waals surface area contributed by atoms with Crippen LogP contribution in [0.4, 0.5) is 0 Å². The minimum Gasteiger partial charge on any atom is -0.491 e. The van der Waals surface area contributed by atoms with Gasteiger partial charge in [-0.2, -0.15) is 8.42 Å². The number of carboxylic acids is 1. The summed E-state index contributed by atoms with van der Waals surface area (Å²) in [6.45, 7) is 4.96. The number of nitrogens with zero attached hydrogens (tertiary/aromatic N) is 1. The zero-order valence-electron chi connectivity index (χ0n) is 31.6. The number of carbonyl (C=O) groups excluding carboxylic acids is 4. The highest BCUT2D eigenvalue weighted by Crippen LogP contribution is 2.31. The highest BCUT2D eigenvalue weighted by molar-refractivity contribution is 7.85. The number of hydrogen-bond donors (Lipinski definition) is 8. The van der Waals surface area contributed by atoms with Crippen LogP contribution in [0.25, 0.3) is 0 Å². The summed E-state index contributed by atoms with van der Waals surface area (Å²) in [7, 11) is -4.67. The highest BCUT2D eigenvalue weighted by Gasteiger charge is 2.48. The summed E-state index contributed by atoms with van der Waals surface area (Å²) in [4.78, 5) is 61.0. The van der Waals surface area contributed by atoms with Crippen LogP contribution in [0.5, 0.6) is 11.5 Å². The number of ether oxygens (including phenoxy) is 5.